The highest BCUT2D eigenvalue weighted by Gasteiger charge is 2.31. The van der Waals surface area contributed by atoms with E-state index in [0.717, 1.165) is 19.0 Å². The number of likely N-dealkylation sites (tertiary alicyclic amines) is 1. The number of halogens is 2. The van der Waals surface area contributed by atoms with Crippen LogP contribution in [0.2, 0.25) is 0 Å². The van der Waals surface area contributed by atoms with Gasteiger partial charge in [-0.2, -0.15) is 0 Å². The number of benzene rings is 1. The molecule has 5 nitrogen and oxygen atoms in total. The fourth-order valence-corrected chi connectivity index (χ4v) is 3.01. The molecule has 1 aliphatic rings. The third-order valence-corrected chi connectivity index (χ3v) is 4.62. The predicted molar refractivity (Wildman–Crippen MR) is 116 cm³/mol. The lowest BCUT2D eigenvalue weighted by Gasteiger charge is -2.23. The first-order valence-electron chi connectivity index (χ1n) is 9.02. The van der Waals surface area contributed by atoms with Gasteiger partial charge in [0, 0.05) is 32.2 Å². The van der Waals surface area contributed by atoms with E-state index < -0.39 is 0 Å². The maximum absolute atomic E-state index is 12.9. The third-order valence-electron chi connectivity index (χ3n) is 4.62. The van der Waals surface area contributed by atoms with E-state index in [9.17, 15) is 4.39 Å². The van der Waals surface area contributed by atoms with E-state index in [4.69, 9.17) is 4.74 Å². The van der Waals surface area contributed by atoms with E-state index in [1.54, 1.807) is 19.2 Å². The number of nitrogens with zero attached hydrogens (tertiary/aromatic N) is 2. The first-order chi connectivity index (χ1) is 11.9. The Morgan fingerprint density at radius 1 is 1.27 bits per heavy atom. The molecule has 1 aliphatic heterocycles. The van der Waals surface area contributed by atoms with Crippen LogP contribution >= 0.6 is 24.0 Å². The molecule has 7 heteroatoms. The minimum absolute atomic E-state index is 0. The summed E-state index contributed by atoms with van der Waals surface area (Å²) in [5.74, 6) is 1.77. The van der Waals surface area contributed by atoms with Gasteiger partial charge in [0.2, 0.25) is 0 Å². The highest BCUT2D eigenvalue weighted by molar-refractivity contribution is 14.0. The molecule has 0 spiro atoms. The summed E-state index contributed by atoms with van der Waals surface area (Å²) in [7, 11) is 1.78. The van der Waals surface area contributed by atoms with Crippen molar-refractivity contribution in [3.8, 4) is 5.75 Å². The number of hydrogen-bond donors (Lipinski definition) is 2. The lowest BCUT2D eigenvalue weighted by atomic mass is 10.1. The number of rotatable bonds is 6. The second-order valence-electron chi connectivity index (χ2n) is 7.11. The molecule has 1 fully saturated rings. The van der Waals surface area contributed by atoms with Crippen molar-refractivity contribution < 1.29 is 9.13 Å². The Kier molecular flexibility index (Phi) is 9.63. The van der Waals surface area contributed by atoms with Gasteiger partial charge in [-0.1, -0.05) is 6.92 Å². The average Bonchev–Trinajstić information content (AvgIpc) is 2.94. The molecular formula is C19H32FIN4O. The molecule has 0 aliphatic carbocycles. The molecule has 26 heavy (non-hydrogen) atoms. The quantitative estimate of drug-likeness (QED) is 0.375. The maximum Gasteiger partial charge on any atom is 0.191 e. The Morgan fingerprint density at radius 2 is 1.92 bits per heavy atom. The van der Waals surface area contributed by atoms with Crippen molar-refractivity contribution in [3.05, 3.63) is 30.1 Å². The van der Waals surface area contributed by atoms with E-state index in [2.05, 4.69) is 41.3 Å². The molecule has 1 heterocycles. The Bertz CT molecular complexity index is 567. The van der Waals surface area contributed by atoms with E-state index in [-0.39, 0.29) is 35.9 Å². The van der Waals surface area contributed by atoms with Gasteiger partial charge < -0.3 is 15.4 Å². The summed E-state index contributed by atoms with van der Waals surface area (Å²) in [6.07, 6.45) is -0.0582. The van der Waals surface area contributed by atoms with Crippen molar-refractivity contribution in [2.24, 2.45) is 10.9 Å². The van der Waals surface area contributed by atoms with Crippen LogP contribution in [0.25, 0.3) is 0 Å². The second kappa shape index (κ2) is 10.9. The van der Waals surface area contributed by atoms with Crippen molar-refractivity contribution in [2.75, 3.05) is 26.7 Å². The zero-order valence-electron chi connectivity index (χ0n) is 16.3. The number of hydrogen-bond acceptors (Lipinski definition) is 3. The summed E-state index contributed by atoms with van der Waals surface area (Å²) in [6.45, 7) is 11.5. The molecule has 0 saturated carbocycles. The largest absolute Gasteiger partial charge is 0.489 e. The minimum atomic E-state index is -0.260. The molecule has 2 N–H and O–H groups in total. The molecule has 1 aromatic rings. The highest BCUT2D eigenvalue weighted by Crippen LogP contribution is 2.18. The van der Waals surface area contributed by atoms with Crippen LogP contribution in [0.5, 0.6) is 5.75 Å². The van der Waals surface area contributed by atoms with Crippen LogP contribution in [0.3, 0.4) is 0 Å². The van der Waals surface area contributed by atoms with Crippen molar-refractivity contribution in [3.63, 3.8) is 0 Å². The Labute approximate surface area is 173 Å². The average molecular weight is 478 g/mol. The summed E-state index contributed by atoms with van der Waals surface area (Å²) in [5, 5.41) is 6.83. The van der Waals surface area contributed by atoms with Gasteiger partial charge >= 0.3 is 0 Å². The number of nitrogens with one attached hydrogen (secondary N) is 2. The van der Waals surface area contributed by atoms with Gasteiger partial charge in [-0.25, -0.2) is 4.39 Å². The number of aliphatic imine (C=N–C) groups is 1. The first kappa shape index (κ1) is 23.0. The molecule has 3 atom stereocenters. The van der Waals surface area contributed by atoms with Gasteiger partial charge in [0.15, 0.2) is 5.96 Å². The van der Waals surface area contributed by atoms with Gasteiger partial charge in [0.25, 0.3) is 0 Å². The zero-order valence-corrected chi connectivity index (χ0v) is 18.7. The van der Waals surface area contributed by atoms with Crippen LogP contribution in [0.15, 0.2) is 29.3 Å². The molecule has 148 valence electrons. The Balaban J connectivity index is 0.00000338. The van der Waals surface area contributed by atoms with E-state index >= 15 is 0 Å². The van der Waals surface area contributed by atoms with Crippen LogP contribution in [-0.4, -0.2) is 55.7 Å². The van der Waals surface area contributed by atoms with Crippen molar-refractivity contribution in [2.45, 2.75) is 45.9 Å². The molecule has 2 rings (SSSR count). The molecule has 0 bridgehead atoms. The van der Waals surface area contributed by atoms with Gasteiger partial charge in [0.1, 0.15) is 17.7 Å². The SMILES string of the molecule is CN=C(NCC(C)Oc1ccc(F)cc1)NC1CN(C(C)C)CC1C.I. The van der Waals surface area contributed by atoms with Gasteiger partial charge in [-0.05, 0) is 51.0 Å². The van der Waals surface area contributed by atoms with E-state index in [1.807, 2.05) is 6.92 Å². The normalized spacial score (nSPS) is 22.0. The zero-order chi connectivity index (χ0) is 18.4. The summed E-state index contributed by atoms with van der Waals surface area (Å²) in [4.78, 5) is 6.80. The van der Waals surface area contributed by atoms with Gasteiger partial charge in [0.05, 0.1) is 6.54 Å². The minimum Gasteiger partial charge on any atom is -0.489 e. The van der Waals surface area contributed by atoms with Gasteiger partial charge in [-0.15, -0.1) is 24.0 Å². The summed E-state index contributed by atoms with van der Waals surface area (Å²) < 4.78 is 18.7. The fourth-order valence-electron chi connectivity index (χ4n) is 3.01. The molecule has 0 radical (unpaired) electrons. The highest BCUT2D eigenvalue weighted by atomic mass is 127. The van der Waals surface area contributed by atoms with Gasteiger partial charge in [-0.3, -0.25) is 9.89 Å². The Morgan fingerprint density at radius 3 is 2.46 bits per heavy atom. The topological polar surface area (TPSA) is 48.9 Å². The summed E-state index contributed by atoms with van der Waals surface area (Å²) in [6, 6.07) is 7.03. The van der Waals surface area contributed by atoms with Crippen LogP contribution in [-0.2, 0) is 0 Å². The Hall–Kier alpha value is -1.09. The molecule has 0 amide bonds. The standard InChI is InChI=1S/C19H31FN4O.HI/c1-13(2)24-11-14(3)18(12-24)23-19(21-5)22-10-15(4)25-17-8-6-16(20)7-9-17;/h6-9,13-15,18H,10-12H2,1-5H3,(H2,21,22,23);1H. The van der Waals surface area contributed by atoms with E-state index in [0.29, 0.717) is 30.3 Å². The summed E-state index contributed by atoms with van der Waals surface area (Å²) >= 11 is 0. The maximum atomic E-state index is 12.9. The predicted octanol–water partition coefficient (Wildman–Crippen LogP) is 3.10. The van der Waals surface area contributed by atoms with E-state index in [1.165, 1.54) is 12.1 Å². The number of guanidine groups is 1. The van der Waals surface area contributed by atoms with Crippen LogP contribution < -0.4 is 15.4 Å². The molecular weight excluding hydrogens is 446 g/mol. The molecule has 1 saturated heterocycles. The molecule has 1 aromatic carbocycles. The molecule has 0 aromatic heterocycles. The monoisotopic (exact) mass is 478 g/mol. The summed E-state index contributed by atoms with van der Waals surface area (Å²) in [5.41, 5.74) is 0. The smallest absolute Gasteiger partial charge is 0.191 e. The third kappa shape index (κ3) is 6.90. The molecule has 3 unspecified atom stereocenters. The second-order valence-corrected chi connectivity index (χ2v) is 7.11. The van der Waals surface area contributed by atoms with Crippen molar-refractivity contribution >= 4 is 29.9 Å². The van der Waals surface area contributed by atoms with Crippen molar-refractivity contribution in [1.82, 2.24) is 15.5 Å². The van der Waals surface area contributed by atoms with Crippen molar-refractivity contribution in [1.29, 1.82) is 0 Å². The van der Waals surface area contributed by atoms with Crippen LogP contribution in [0.1, 0.15) is 27.7 Å². The number of ether oxygens (including phenoxy) is 1. The first-order valence-corrected chi connectivity index (χ1v) is 9.02. The lowest BCUT2D eigenvalue weighted by molar-refractivity contribution is 0.223. The van der Waals surface area contributed by atoms with Crippen LogP contribution in [0.4, 0.5) is 4.39 Å². The lowest BCUT2D eigenvalue weighted by Crippen LogP contribution is -2.48. The van der Waals surface area contributed by atoms with Crippen LogP contribution in [0, 0.1) is 11.7 Å². The fraction of sp³-hybridized carbons (Fsp3) is 0.632.